The number of anilines is 1. The van der Waals surface area contributed by atoms with Gasteiger partial charge in [0.1, 0.15) is 17.3 Å². The summed E-state index contributed by atoms with van der Waals surface area (Å²) >= 11 is 6.17. The Kier molecular flexibility index (Phi) is 6.68. The summed E-state index contributed by atoms with van der Waals surface area (Å²) in [5, 5.41) is 11.9. The summed E-state index contributed by atoms with van der Waals surface area (Å²) in [4.78, 5) is 27.9. The molecule has 1 fully saturated rings. The summed E-state index contributed by atoms with van der Waals surface area (Å²) in [5.74, 6) is -1.65. The lowest BCUT2D eigenvalue weighted by atomic mass is 9.91. The van der Waals surface area contributed by atoms with Gasteiger partial charge in [-0.2, -0.15) is 0 Å². The predicted octanol–water partition coefficient (Wildman–Crippen LogP) is 6.55. The van der Waals surface area contributed by atoms with Crippen molar-refractivity contribution in [3.05, 3.63) is 99.3 Å². The molecule has 1 aliphatic rings. The van der Waals surface area contributed by atoms with Crippen LogP contribution in [-0.2, 0) is 9.59 Å². The van der Waals surface area contributed by atoms with Gasteiger partial charge in [0.2, 0.25) is 0 Å². The lowest BCUT2D eigenvalue weighted by Gasteiger charge is -2.26. The SMILES string of the molecule is COc1cc(C)c(/C(O)=C2\C(=O)C(=O)N(c3cccc(Cl)c3)C2c2ccc(F)cc2)cc1C(C)C. The number of carbonyl (C=O) groups is 2. The van der Waals surface area contributed by atoms with E-state index >= 15 is 0 Å². The van der Waals surface area contributed by atoms with Gasteiger partial charge in [0, 0.05) is 16.3 Å². The average molecular weight is 494 g/mol. The van der Waals surface area contributed by atoms with Gasteiger partial charge in [-0.3, -0.25) is 14.5 Å². The number of carbonyl (C=O) groups excluding carboxylic acids is 2. The molecule has 1 N–H and O–H groups in total. The van der Waals surface area contributed by atoms with Gasteiger partial charge >= 0.3 is 0 Å². The van der Waals surface area contributed by atoms with Crippen LogP contribution < -0.4 is 9.64 Å². The first-order valence-corrected chi connectivity index (χ1v) is 11.5. The van der Waals surface area contributed by atoms with Crippen LogP contribution >= 0.6 is 11.6 Å². The molecule has 35 heavy (non-hydrogen) atoms. The molecule has 1 aliphatic heterocycles. The number of aryl methyl sites for hydroxylation is 1. The second-order valence-corrected chi connectivity index (χ2v) is 9.20. The standard InChI is InChI=1S/C28H25ClFNO4/c1-15(2)21-14-22(16(3)12-23(21)35-4)26(32)24-25(17-8-10-19(30)11-9-17)31(28(34)27(24)33)20-7-5-6-18(29)13-20/h5-15,25,32H,1-4H3/b26-24+. The topological polar surface area (TPSA) is 66.8 Å². The first-order valence-electron chi connectivity index (χ1n) is 11.1. The molecule has 7 heteroatoms. The Morgan fingerprint density at radius 1 is 1.09 bits per heavy atom. The quantitative estimate of drug-likeness (QED) is 0.249. The molecule has 1 unspecified atom stereocenters. The van der Waals surface area contributed by atoms with E-state index in [0.717, 1.165) is 5.56 Å². The van der Waals surface area contributed by atoms with E-state index in [0.29, 0.717) is 33.1 Å². The Balaban J connectivity index is 1.99. The van der Waals surface area contributed by atoms with E-state index in [1.807, 2.05) is 13.8 Å². The maximum atomic E-state index is 13.7. The van der Waals surface area contributed by atoms with Gasteiger partial charge in [-0.05, 0) is 72.0 Å². The zero-order valence-electron chi connectivity index (χ0n) is 19.8. The third kappa shape index (κ3) is 4.42. The fourth-order valence-electron chi connectivity index (χ4n) is 4.41. The zero-order chi connectivity index (χ0) is 25.4. The minimum absolute atomic E-state index is 0.0791. The third-order valence-corrected chi connectivity index (χ3v) is 6.41. The maximum Gasteiger partial charge on any atom is 0.300 e. The van der Waals surface area contributed by atoms with E-state index in [1.54, 1.807) is 50.4 Å². The highest BCUT2D eigenvalue weighted by molar-refractivity contribution is 6.51. The molecule has 0 spiro atoms. The summed E-state index contributed by atoms with van der Waals surface area (Å²) in [6.07, 6.45) is 0. The Morgan fingerprint density at radius 2 is 1.77 bits per heavy atom. The highest BCUT2D eigenvalue weighted by Crippen LogP contribution is 2.43. The molecule has 0 saturated carbocycles. The molecule has 4 rings (SSSR count). The van der Waals surface area contributed by atoms with Crippen molar-refractivity contribution in [3.63, 3.8) is 0 Å². The van der Waals surface area contributed by atoms with E-state index in [4.69, 9.17) is 16.3 Å². The van der Waals surface area contributed by atoms with Crippen LogP contribution in [0.3, 0.4) is 0 Å². The molecule has 0 radical (unpaired) electrons. The van der Waals surface area contributed by atoms with Crippen LogP contribution in [0, 0.1) is 12.7 Å². The smallest absolute Gasteiger partial charge is 0.300 e. The Hall–Kier alpha value is -3.64. The number of aliphatic hydroxyl groups excluding tert-OH is 1. The van der Waals surface area contributed by atoms with E-state index in [1.165, 1.54) is 29.2 Å². The van der Waals surface area contributed by atoms with E-state index in [9.17, 15) is 19.1 Å². The van der Waals surface area contributed by atoms with Gasteiger partial charge in [0.05, 0.1) is 18.7 Å². The summed E-state index contributed by atoms with van der Waals surface area (Å²) in [6, 6.07) is 14.6. The molecule has 5 nitrogen and oxygen atoms in total. The van der Waals surface area contributed by atoms with Crippen molar-refractivity contribution in [2.24, 2.45) is 0 Å². The van der Waals surface area contributed by atoms with Crippen molar-refractivity contribution in [1.29, 1.82) is 0 Å². The van der Waals surface area contributed by atoms with Gasteiger partial charge in [-0.15, -0.1) is 0 Å². The molecular formula is C28H25ClFNO4. The minimum atomic E-state index is -0.974. The molecule has 180 valence electrons. The van der Waals surface area contributed by atoms with Crippen LogP contribution in [0.15, 0.2) is 66.2 Å². The van der Waals surface area contributed by atoms with E-state index in [-0.39, 0.29) is 17.3 Å². The second-order valence-electron chi connectivity index (χ2n) is 8.76. The monoisotopic (exact) mass is 493 g/mol. The number of nitrogens with zero attached hydrogens (tertiary/aromatic N) is 1. The molecule has 1 heterocycles. The molecule has 3 aromatic carbocycles. The van der Waals surface area contributed by atoms with Gasteiger partial charge in [-0.25, -0.2) is 4.39 Å². The Bertz CT molecular complexity index is 1350. The van der Waals surface area contributed by atoms with Crippen molar-refractivity contribution in [2.45, 2.75) is 32.7 Å². The third-order valence-electron chi connectivity index (χ3n) is 6.17. The fraction of sp³-hybridized carbons (Fsp3) is 0.214. The lowest BCUT2D eigenvalue weighted by molar-refractivity contribution is -0.132. The van der Waals surface area contributed by atoms with Crippen molar-refractivity contribution in [3.8, 4) is 5.75 Å². The number of ether oxygens (including phenoxy) is 1. The summed E-state index contributed by atoms with van der Waals surface area (Å²) in [7, 11) is 1.57. The summed E-state index contributed by atoms with van der Waals surface area (Å²) < 4.78 is 19.2. The molecule has 3 aromatic rings. The molecule has 1 saturated heterocycles. The first kappa shape index (κ1) is 24.5. The van der Waals surface area contributed by atoms with Crippen molar-refractivity contribution in [2.75, 3.05) is 12.0 Å². The number of methoxy groups -OCH3 is 1. The van der Waals surface area contributed by atoms with Crippen LogP contribution in [0.25, 0.3) is 5.76 Å². The van der Waals surface area contributed by atoms with Gasteiger partial charge < -0.3 is 9.84 Å². The Labute approximate surface area is 208 Å². The minimum Gasteiger partial charge on any atom is -0.507 e. The number of aliphatic hydroxyl groups is 1. The molecule has 0 aliphatic carbocycles. The normalized spacial score (nSPS) is 17.3. The van der Waals surface area contributed by atoms with E-state index < -0.39 is 23.5 Å². The van der Waals surface area contributed by atoms with Gasteiger partial charge in [0.25, 0.3) is 11.7 Å². The van der Waals surface area contributed by atoms with Crippen LogP contribution in [0.4, 0.5) is 10.1 Å². The van der Waals surface area contributed by atoms with Crippen molar-refractivity contribution in [1.82, 2.24) is 0 Å². The lowest BCUT2D eigenvalue weighted by Crippen LogP contribution is -2.29. The number of amides is 1. The maximum absolute atomic E-state index is 13.7. The van der Waals surface area contributed by atoms with Crippen molar-refractivity contribution < 1.29 is 23.8 Å². The average Bonchev–Trinajstić information content (AvgIpc) is 3.09. The van der Waals surface area contributed by atoms with Crippen LogP contribution in [-0.4, -0.2) is 23.9 Å². The number of rotatable bonds is 5. The summed E-state index contributed by atoms with van der Waals surface area (Å²) in [6.45, 7) is 5.78. The highest BCUT2D eigenvalue weighted by Gasteiger charge is 2.47. The molecule has 1 atom stereocenters. The number of halogens is 2. The molecule has 0 bridgehead atoms. The van der Waals surface area contributed by atoms with Crippen LogP contribution in [0.1, 0.15) is 48.1 Å². The van der Waals surface area contributed by atoms with Crippen LogP contribution in [0.2, 0.25) is 5.02 Å². The number of ketones is 1. The van der Waals surface area contributed by atoms with Crippen LogP contribution in [0.5, 0.6) is 5.75 Å². The number of benzene rings is 3. The second kappa shape index (κ2) is 9.55. The largest absolute Gasteiger partial charge is 0.507 e. The molecule has 0 aromatic heterocycles. The predicted molar refractivity (Wildman–Crippen MR) is 134 cm³/mol. The number of Topliss-reactive ketones (excluding diaryl/α,β-unsaturated/α-hetero) is 1. The number of hydrogen-bond acceptors (Lipinski definition) is 4. The highest BCUT2D eigenvalue weighted by atomic mass is 35.5. The zero-order valence-corrected chi connectivity index (χ0v) is 20.6. The first-order chi connectivity index (χ1) is 16.6. The fourth-order valence-corrected chi connectivity index (χ4v) is 4.60. The Morgan fingerprint density at radius 3 is 2.37 bits per heavy atom. The number of hydrogen-bond donors (Lipinski definition) is 1. The summed E-state index contributed by atoms with van der Waals surface area (Å²) in [5.41, 5.74) is 2.73. The molecular weight excluding hydrogens is 469 g/mol. The van der Waals surface area contributed by atoms with Gasteiger partial charge in [-0.1, -0.05) is 43.6 Å². The van der Waals surface area contributed by atoms with Gasteiger partial charge in [0.15, 0.2) is 0 Å². The molecule has 1 amide bonds. The van der Waals surface area contributed by atoms with Crippen molar-refractivity contribution >= 4 is 34.7 Å². The van der Waals surface area contributed by atoms with E-state index in [2.05, 4.69) is 0 Å².